The van der Waals surface area contributed by atoms with Crippen LogP contribution in [0.1, 0.15) is 40.2 Å². The molecular weight excluding hydrogens is 401 g/mol. The summed E-state index contributed by atoms with van der Waals surface area (Å²) in [6, 6.07) is 13.7. The maximum absolute atomic E-state index is 14.3. The van der Waals surface area contributed by atoms with Crippen LogP contribution in [-0.2, 0) is 6.54 Å². The van der Waals surface area contributed by atoms with Crippen LogP contribution in [0.3, 0.4) is 0 Å². The molecule has 2 aromatic heterocycles. The molecule has 0 bridgehead atoms. The molecule has 1 aliphatic rings. The van der Waals surface area contributed by atoms with Gasteiger partial charge in [0.1, 0.15) is 5.82 Å². The number of aromatic nitrogens is 1. The number of thiophene rings is 1. The Kier molecular flexibility index (Phi) is 5.94. The zero-order valence-corrected chi connectivity index (χ0v) is 17.5. The van der Waals surface area contributed by atoms with E-state index in [9.17, 15) is 14.3 Å². The van der Waals surface area contributed by atoms with Crippen molar-refractivity contribution in [3.63, 3.8) is 0 Å². The van der Waals surface area contributed by atoms with Crippen molar-refractivity contribution in [1.29, 1.82) is 0 Å². The Hall–Kier alpha value is -2.61. The molecule has 2 N–H and O–H groups in total. The fraction of sp³-hybridized carbons (Fsp3) is 0.304. The number of rotatable bonds is 5. The van der Waals surface area contributed by atoms with Crippen LogP contribution < -0.4 is 5.32 Å². The van der Waals surface area contributed by atoms with Gasteiger partial charge >= 0.3 is 0 Å². The van der Waals surface area contributed by atoms with Crippen LogP contribution in [0.15, 0.2) is 66.3 Å². The maximum Gasteiger partial charge on any atom is 0.251 e. The lowest BCUT2D eigenvalue weighted by Crippen LogP contribution is -2.62. The minimum atomic E-state index is -1.10. The summed E-state index contributed by atoms with van der Waals surface area (Å²) in [6.07, 6.45) is 3.25. The Balaban J connectivity index is 1.67. The highest BCUT2D eigenvalue weighted by Gasteiger charge is 2.46. The van der Waals surface area contributed by atoms with E-state index in [1.54, 1.807) is 42.7 Å². The number of hydrogen-bond donors (Lipinski definition) is 2. The third-order valence-electron chi connectivity index (χ3n) is 5.67. The Morgan fingerprint density at radius 3 is 2.80 bits per heavy atom. The van der Waals surface area contributed by atoms with E-state index in [2.05, 4.69) is 15.2 Å². The van der Waals surface area contributed by atoms with Crippen molar-refractivity contribution in [1.82, 2.24) is 15.2 Å². The van der Waals surface area contributed by atoms with Crippen LogP contribution in [0.4, 0.5) is 4.39 Å². The molecule has 0 aliphatic carbocycles. The number of hydrogen-bond acceptors (Lipinski definition) is 5. The number of carbonyl (C=O) groups is 1. The van der Waals surface area contributed by atoms with E-state index in [4.69, 9.17) is 0 Å². The van der Waals surface area contributed by atoms with E-state index in [-0.39, 0.29) is 17.8 Å². The van der Waals surface area contributed by atoms with E-state index in [1.807, 2.05) is 35.7 Å². The summed E-state index contributed by atoms with van der Waals surface area (Å²) in [7, 11) is 0. The van der Waals surface area contributed by atoms with Gasteiger partial charge in [0.2, 0.25) is 0 Å². The van der Waals surface area contributed by atoms with Gasteiger partial charge < -0.3 is 10.4 Å². The average molecular weight is 426 g/mol. The number of pyridine rings is 1. The van der Waals surface area contributed by atoms with Gasteiger partial charge in [-0.2, -0.15) is 0 Å². The molecule has 1 saturated heterocycles. The van der Waals surface area contributed by atoms with Crippen molar-refractivity contribution >= 4 is 17.2 Å². The number of amides is 1. The van der Waals surface area contributed by atoms with Crippen molar-refractivity contribution in [3.8, 4) is 0 Å². The van der Waals surface area contributed by atoms with Crippen molar-refractivity contribution in [3.05, 3.63) is 88.1 Å². The van der Waals surface area contributed by atoms with Crippen LogP contribution in [0.5, 0.6) is 0 Å². The Morgan fingerprint density at radius 2 is 2.10 bits per heavy atom. The van der Waals surface area contributed by atoms with Gasteiger partial charge in [-0.25, -0.2) is 4.39 Å². The van der Waals surface area contributed by atoms with E-state index in [0.717, 1.165) is 4.88 Å². The quantitative estimate of drug-likeness (QED) is 0.653. The van der Waals surface area contributed by atoms with E-state index < -0.39 is 11.6 Å². The van der Waals surface area contributed by atoms with Crippen molar-refractivity contribution < 1.29 is 14.3 Å². The van der Waals surface area contributed by atoms with Gasteiger partial charge in [0, 0.05) is 35.3 Å². The molecule has 7 heteroatoms. The van der Waals surface area contributed by atoms with Gasteiger partial charge in [0.15, 0.2) is 0 Å². The topological polar surface area (TPSA) is 65.5 Å². The summed E-state index contributed by atoms with van der Waals surface area (Å²) in [5.74, 6) is -0.594. The Labute approximate surface area is 179 Å². The molecule has 3 aromatic rings. The highest BCUT2D eigenvalue weighted by atomic mass is 32.1. The van der Waals surface area contributed by atoms with Crippen LogP contribution in [0, 0.1) is 5.82 Å². The van der Waals surface area contributed by atoms with E-state index >= 15 is 0 Å². The lowest BCUT2D eigenvalue weighted by Gasteiger charge is -2.48. The maximum atomic E-state index is 14.3. The summed E-state index contributed by atoms with van der Waals surface area (Å²) in [5, 5.41) is 16.3. The van der Waals surface area contributed by atoms with Gasteiger partial charge in [0.05, 0.1) is 23.9 Å². The molecule has 3 atom stereocenters. The molecule has 5 nitrogen and oxygen atoms in total. The minimum Gasteiger partial charge on any atom is -0.388 e. The second-order valence-corrected chi connectivity index (χ2v) is 8.80. The average Bonchev–Trinajstić information content (AvgIpc) is 3.27. The fourth-order valence-electron chi connectivity index (χ4n) is 4.00. The lowest BCUT2D eigenvalue weighted by molar-refractivity contribution is -0.0658. The molecule has 4 rings (SSSR count). The summed E-state index contributed by atoms with van der Waals surface area (Å²) < 4.78 is 14.3. The smallest absolute Gasteiger partial charge is 0.251 e. The molecule has 0 radical (unpaired) electrons. The molecule has 0 saturated carbocycles. The molecule has 1 fully saturated rings. The van der Waals surface area contributed by atoms with Crippen molar-refractivity contribution in [2.24, 2.45) is 0 Å². The number of nitrogens with one attached hydrogen (secondary N) is 1. The van der Waals surface area contributed by atoms with E-state index in [0.29, 0.717) is 30.6 Å². The predicted octanol–water partition coefficient (Wildman–Crippen LogP) is 3.78. The predicted molar refractivity (Wildman–Crippen MR) is 115 cm³/mol. The van der Waals surface area contributed by atoms with Crippen LogP contribution in [-0.4, -0.2) is 39.1 Å². The number of halogens is 1. The fourth-order valence-corrected chi connectivity index (χ4v) is 4.89. The second kappa shape index (κ2) is 8.63. The summed E-state index contributed by atoms with van der Waals surface area (Å²) in [5.41, 5.74) is -0.0244. The molecule has 0 spiro atoms. The standard InChI is InChI=1S/C23H24FN3O2S/c1-23(29)10-12-27(15-17-9-11-25-14-18(17)24)20(19-8-5-13-30-19)21(23)26-22(28)16-6-3-2-4-7-16/h2-9,11,13-14,20-21,29H,10,12,15H2,1H3,(H,26,28)/t20-,21-,23+/m0/s1. The van der Waals surface area contributed by atoms with Crippen LogP contribution in [0.25, 0.3) is 0 Å². The first-order valence-corrected chi connectivity index (χ1v) is 10.8. The highest BCUT2D eigenvalue weighted by molar-refractivity contribution is 7.10. The molecule has 1 aliphatic heterocycles. The zero-order valence-electron chi connectivity index (χ0n) is 16.7. The summed E-state index contributed by atoms with van der Waals surface area (Å²) in [4.78, 5) is 19.9. The monoisotopic (exact) mass is 425 g/mol. The normalized spacial score (nSPS) is 24.5. The first kappa shape index (κ1) is 20.7. The summed E-state index contributed by atoms with van der Waals surface area (Å²) in [6.45, 7) is 2.70. The summed E-state index contributed by atoms with van der Waals surface area (Å²) >= 11 is 1.57. The number of likely N-dealkylation sites (tertiary alicyclic amines) is 1. The van der Waals surface area contributed by atoms with Gasteiger partial charge in [0.25, 0.3) is 5.91 Å². The molecule has 156 valence electrons. The number of carbonyl (C=O) groups excluding carboxylic acids is 1. The SMILES string of the molecule is C[C@@]1(O)CCN(Cc2ccncc2F)[C@@H](c2cccs2)[C@@H]1NC(=O)c1ccccc1. The molecular formula is C23H24FN3O2S. The molecule has 30 heavy (non-hydrogen) atoms. The number of nitrogens with zero attached hydrogens (tertiary/aromatic N) is 2. The van der Waals surface area contributed by atoms with Crippen LogP contribution >= 0.6 is 11.3 Å². The highest BCUT2D eigenvalue weighted by Crippen LogP contribution is 2.39. The van der Waals surface area contributed by atoms with Crippen LogP contribution in [0.2, 0.25) is 0 Å². The Morgan fingerprint density at radius 1 is 1.30 bits per heavy atom. The largest absolute Gasteiger partial charge is 0.388 e. The van der Waals surface area contributed by atoms with E-state index in [1.165, 1.54) is 6.20 Å². The zero-order chi connectivity index (χ0) is 21.1. The first-order chi connectivity index (χ1) is 14.5. The van der Waals surface area contributed by atoms with Crippen molar-refractivity contribution in [2.75, 3.05) is 6.54 Å². The van der Waals surface area contributed by atoms with Crippen molar-refractivity contribution in [2.45, 2.75) is 37.6 Å². The first-order valence-electron chi connectivity index (χ1n) is 9.90. The third kappa shape index (κ3) is 4.28. The van der Waals surface area contributed by atoms with Gasteiger partial charge in [-0.15, -0.1) is 11.3 Å². The second-order valence-electron chi connectivity index (χ2n) is 7.82. The molecule has 1 amide bonds. The third-order valence-corrected chi connectivity index (χ3v) is 6.61. The van der Waals surface area contributed by atoms with Gasteiger partial charge in [-0.05, 0) is 43.0 Å². The van der Waals surface area contributed by atoms with Gasteiger partial charge in [-0.3, -0.25) is 14.7 Å². The van der Waals surface area contributed by atoms with Gasteiger partial charge in [-0.1, -0.05) is 24.3 Å². The molecule has 0 unspecified atom stereocenters. The Bertz CT molecular complexity index is 995. The number of piperidine rings is 1. The minimum absolute atomic E-state index is 0.237. The number of benzene rings is 1. The lowest BCUT2D eigenvalue weighted by atomic mass is 9.81. The molecule has 1 aromatic carbocycles. The molecule has 3 heterocycles. The number of aliphatic hydroxyl groups is 1.